The van der Waals surface area contributed by atoms with E-state index in [9.17, 15) is 9.18 Å². The highest BCUT2D eigenvalue weighted by molar-refractivity contribution is 6.09. The number of ketones is 1. The molecular weight excluding hydrogens is 243 g/mol. The lowest BCUT2D eigenvalue weighted by molar-refractivity contribution is 0.0999. The van der Waals surface area contributed by atoms with E-state index in [1.807, 2.05) is 0 Å². The molecular formula is C15H17FN2O. The van der Waals surface area contributed by atoms with Crippen LogP contribution in [0.5, 0.6) is 0 Å². The van der Waals surface area contributed by atoms with Gasteiger partial charge in [-0.25, -0.2) is 4.39 Å². The number of nitrogens with one attached hydrogen (secondary N) is 1. The molecule has 0 amide bonds. The first-order valence-corrected chi connectivity index (χ1v) is 6.84. The molecule has 0 aromatic heterocycles. The summed E-state index contributed by atoms with van der Waals surface area (Å²) in [6.07, 6.45) is 4.93. The first-order valence-electron chi connectivity index (χ1n) is 6.84. The van der Waals surface area contributed by atoms with E-state index in [4.69, 9.17) is 0 Å². The zero-order valence-electron chi connectivity index (χ0n) is 10.7. The van der Waals surface area contributed by atoms with Gasteiger partial charge in [-0.05, 0) is 25.0 Å². The van der Waals surface area contributed by atoms with Crippen molar-refractivity contribution in [2.75, 3.05) is 0 Å². The number of aliphatic imine (C=N–C) groups is 1. The zero-order chi connectivity index (χ0) is 13.2. The van der Waals surface area contributed by atoms with Gasteiger partial charge in [-0.3, -0.25) is 9.79 Å². The van der Waals surface area contributed by atoms with Crippen LogP contribution in [0, 0.1) is 5.82 Å². The Hall–Kier alpha value is -1.71. The van der Waals surface area contributed by atoms with E-state index in [0.29, 0.717) is 17.6 Å². The first-order chi connectivity index (χ1) is 9.22. The van der Waals surface area contributed by atoms with Gasteiger partial charge in [0.25, 0.3) is 0 Å². The molecule has 1 aromatic rings. The molecule has 1 aliphatic carbocycles. The predicted molar refractivity (Wildman–Crippen MR) is 72.0 cm³/mol. The molecule has 2 atom stereocenters. The molecule has 1 saturated carbocycles. The molecule has 2 aliphatic rings. The fourth-order valence-corrected chi connectivity index (χ4v) is 2.90. The number of fused-ring (bicyclic) bond motifs is 1. The van der Waals surface area contributed by atoms with Crippen LogP contribution in [-0.2, 0) is 0 Å². The van der Waals surface area contributed by atoms with Crippen molar-refractivity contribution < 1.29 is 9.18 Å². The lowest BCUT2D eigenvalue weighted by atomic mass is 9.92. The molecule has 3 nitrogen and oxygen atoms in total. The molecule has 1 N–H and O–H groups in total. The first kappa shape index (κ1) is 12.3. The van der Waals surface area contributed by atoms with Gasteiger partial charge in [0.1, 0.15) is 11.7 Å². The topological polar surface area (TPSA) is 41.5 Å². The summed E-state index contributed by atoms with van der Waals surface area (Å²) in [5, 5.41) is 3.34. The van der Waals surface area contributed by atoms with Crippen molar-refractivity contribution in [3.8, 4) is 0 Å². The van der Waals surface area contributed by atoms with Crippen molar-refractivity contribution >= 4 is 11.6 Å². The van der Waals surface area contributed by atoms with Crippen LogP contribution >= 0.6 is 0 Å². The molecule has 0 bridgehead atoms. The Bertz CT molecular complexity index is 527. The van der Waals surface area contributed by atoms with Gasteiger partial charge >= 0.3 is 0 Å². The average molecular weight is 260 g/mol. The van der Waals surface area contributed by atoms with E-state index in [1.54, 1.807) is 12.1 Å². The Labute approximate surface area is 111 Å². The quantitative estimate of drug-likeness (QED) is 0.849. The second-order valence-electron chi connectivity index (χ2n) is 5.29. The van der Waals surface area contributed by atoms with Gasteiger partial charge < -0.3 is 5.32 Å². The van der Waals surface area contributed by atoms with Gasteiger partial charge in [-0.1, -0.05) is 25.0 Å². The predicted octanol–water partition coefficient (Wildman–Crippen LogP) is 2.71. The maximum Gasteiger partial charge on any atom is 0.170 e. The molecule has 0 saturated heterocycles. The smallest absolute Gasteiger partial charge is 0.170 e. The fourth-order valence-electron chi connectivity index (χ4n) is 2.90. The summed E-state index contributed by atoms with van der Waals surface area (Å²) in [6.45, 7) is 0. The molecule has 0 spiro atoms. The minimum atomic E-state index is -0.374. The van der Waals surface area contributed by atoms with Gasteiger partial charge in [-0.2, -0.15) is 0 Å². The third-order valence-corrected chi connectivity index (χ3v) is 3.88. The van der Waals surface area contributed by atoms with Crippen LogP contribution in [0.4, 0.5) is 4.39 Å². The normalized spacial score (nSPS) is 25.4. The highest BCUT2D eigenvalue weighted by atomic mass is 19.1. The second-order valence-corrected chi connectivity index (χ2v) is 5.29. The molecule has 0 unspecified atom stereocenters. The third kappa shape index (κ3) is 2.67. The summed E-state index contributed by atoms with van der Waals surface area (Å²) in [5.74, 6) is 0.316. The highest BCUT2D eigenvalue weighted by Crippen LogP contribution is 2.25. The van der Waals surface area contributed by atoms with Crippen molar-refractivity contribution in [2.45, 2.75) is 44.2 Å². The highest BCUT2D eigenvalue weighted by Gasteiger charge is 2.31. The minimum Gasteiger partial charge on any atom is -0.369 e. The van der Waals surface area contributed by atoms with Crippen molar-refractivity contribution in [1.29, 1.82) is 0 Å². The van der Waals surface area contributed by atoms with E-state index in [1.165, 1.54) is 25.0 Å². The van der Waals surface area contributed by atoms with Gasteiger partial charge in [0.05, 0.1) is 12.5 Å². The number of hydrogen-bond donors (Lipinski definition) is 1. The van der Waals surface area contributed by atoms with Crippen molar-refractivity contribution in [2.24, 2.45) is 4.99 Å². The summed E-state index contributed by atoms with van der Waals surface area (Å²) in [7, 11) is 0. The molecule has 1 fully saturated rings. The Morgan fingerprint density at radius 2 is 2.21 bits per heavy atom. The van der Waals surface area contributed by atoms with Crippen LogP contribution in [0.3, 0.4) is 0 Å². The molecule has 3 rings (SSSR count). The number of hydrogen-bond acceptors (Lipinski definition) is 3. The van der Waals surface area contributed by atoms with Crippen LogP contribution < -0.4 is 5.32 Å². The maximum atomic E-state index is 13.1. The second kappa shape index (κ2) is 5.11. The molecule has 1 heterocycles. The number of carbonyl (C=O) groups is 1. The molecule has 19 heavy (non-hydrogen) atoms. The summed E-state index contributed by atoms with van der Waals surface area (Å²) in [5.41, 5.74) is 0.416. The Morgan fingerprint density at radius 1 is 1.37 bits per heavy atom. The van der Waals surface area contributed by atoms with E-state index in [0.717, 1.165) is 18.7 Å². The Kier molecular flexibility index (Phi) is 3.32. The van der Waals surface area contributed by atoms with E-state index in [2.05, 4.69) is 10.3 Å². The van der Waals surface area contributed by atoms with Crippen LogP contribution in [0.2, 0.25) is 0 Å². The zero-order valence-corrected chi connectivity index (χ0v) is 10.7. The molecule has 100 valence electrons. The van der Waals surface area contributed by atoms with Crippen LogP contribution in [0.1, 0.15) is 42.5 Å². The summed E-state index contributed by atoms with van der Waals surface area (Å²) in [4.78, 5) is 16.7. The minimum absolute atomic E-state index is 0.0793. The van der Waals surface area contributed by atoms with Crippen molar-refractivity contribution in [1.82, 2.24) is 5.32 Å². The van der Waals surface area contributed by atoms with E-state index in [-0.39, 0.29) is 18.0 Å². The van der Waals surface area contributed by atoms with Crippen LogP contribution in [-0.4, -0.2) is 23.7 Å². The number of Topliss-reactive ketones (excluding diaryl/α,β-unsaturated/α-hetero) is 1. The summed E-state index contributed by atoms with van der Waals surface area (Å²) < 4.78 is 13.1. The summed E-state index contributed by atoms with van der Waals surface area (Å²) in [6, 6.07) is 6.58. The van der Waals surface area contributed by atoms with E-state index >= 15 is 0 Å². The van der Waals surface area contributed by atoms with Gasteiger partial charge in [0.2, 0.25) is 0 Å². The lowest BCUT2D eigenvalue weighted by Crippen LogP contribution is -2.37. The SMILES string of the molecule is O=C(CC1=N[C@@H]2CCCC[C@H]2N1)c1cccc(F)c1. The lowest BCUT2D eigenvalue weighted by Gasteiger charge is -2.23. The molecule has 0 radical (unpaired) electrons. The van der Waals surface area contributed by atoms with Crippen LogP contribution in [0.25, 0.3) is 0 Å². The monoisotopic (exact) mass is 260 g/mol. The van der Waals surface area contributed by atoms with E-state index < -0.39 is 0 Å². The number of carbonyl (C=O) groups excluding carboxylic acids is 1. The number of nitrogens with zero attached hydrogens (tertiary/aromatic N) is 1. The molecule has 1 aliphatic heterocycles. The maximum absolute atomic E-state index is 13.1. The number of halogens is 1. The molecule has 1 aromatic carbocycles. The Morgan fingerprint density at radius 3 is 3.00 bits per heavy atom. The van der Waals surface area contributed by atoms with Gasteiger partial charge in [0.15, 0.2) is 5.78 Å². The van der Waals surface area contributed by atoms with Gasteiger partial charge in [-0.15, -0.1) is 0 Å². The summed E-state index contributed by atoms with van der Waals surface area (Å²) >= 11 is 0. The standard InChI is InChI=1S/C15H17FN2O/c16-11-5-3-4-10(8-11)14(19)9-15-17-12-6-1-2-7-13(12)18-15/h3-5,8,12-13H,1-2,6-7,9H2,(H,17,18)/t12-,13-/m1/s1. The van der Waals surface area contributed by atoms with Gasteiger partial charge in [0, 0.05) is 11.6 Å². The Balaban J connectivity index is 1.67. The number of benzene rings is 1. The third-order valence-electron chi connectivity index (χ3n) is 3.88. The molecule has 4 heteroatoms. The number of amidine groups is 1. The largest absolute Gasteiger partial charge is 0.369 e. The number of rotatable bonds is 3. The van der Waals surface area contributed by atoms with Crippen molar-refractivity contribution in [3.63, 3.8) is 0 Å². The fraction of sp³-hybridized carbons (Fsp3) is 0.467. The average Bonchev–Trinajstić information content (AvgIpc) is 2.80. The van der Waals surface area contributed by atoms with Crippen LogP contribution in [0.15, 0.2) is 29.3 Å². The van der Waals surface area contributed by atoms with Crippen molar-refractivity contribution in [3.05, 3.63) is 35.6 Å².